The Morgan fingerprint density at radius 1 is 1.09 bits per heavy atom. The molecule has 2 aromatic carbocycles. The zero-order valence-corrected chi connectivity index (χ0v) is 19.7. The summed E-state index contributed by atoms with van der Waals surface area (Å²) in [5.41, 5.74) is 1.75. The van der Waals surface area contributed by atoms with Crippen molar-refractivity contribution in [2.75, 3.05) is 14.1 Å². The summed E-state index contributed by atoms with van der Waals surface area (Å²) in [6.07, 6.45) is 1.36. The van der Waals surface area contributed by atoms with Gasteiger partial charge < -0.3 is 5.32 Å². The number of thiophene rings is 1. The Bertz CT molecular complexity index is 1480. The standard InChI is InChI=1S/C23H22N4O4S2/c1-26(2)33(30,31)20-11-7-6-10-17(20)13-24-21(28)14-27-15-25-18-12-19(32-22(18)23(27)29)16-8-4-3-5-9-16/h3-12,15H,13-14H2,1-2H3,(H,24,28). The lowest BCUT2D eigenvalue weighted by atomic mass is 10.2. The van der Waals surface area contributed by atoms with Gasteiger partial charge in [0.15, 0.2) is 0 Å². The van der Waals surface area contributed by atoms with Gasteiger partial charge in [-0.2, -0.15) is 0 Å². The summed E-state index contributed by atoms with van der Waals surface area (Å²) in [5.74, 6) is -0.421. The minimum atomic E-state index is -3.65. The molecule has 4 rings (SSSR count). The molecular weight excluding hydrogens is 460 g/mol. The van der Waals surface area contributed by atoms with Gasteiger partial charge in [0, 0.05) is 25.5 Å². The lowest BCUT2D eigenvalue weighted by Crippen LogP contribution is -2.32. The van der Waals surface area contributed by atoms with Crippen LogP contribution in [0.3, 0.4) is 0 Å². The highest BCUT2D eigenvalue weighted by molar-refractivity contribution is 7.89. The van der Waals surface area contributed by atoms with Gasteiger partial charge in [0.05, 0.1) is 16.7 Å². The van der Waals surface area contributed by atoms with E-state index in [1.807, 2.05) is 36.4 Å². The Morgan fingerprint density at radius 2 is 1.79 bits per heavy atom. The summed E-state index contributed by atoms with van der Waals surface area (Å²) in [5, 5.41) is 2.70. The Morgan fingerprint density at radius 3 is 2.52 bits per heavy atom. The maximum absolute atomic E-state index is 12.9. The number of nitrogens with zero attached hydrogens (tertiary/aromatic N) is 3. The van der Waals surface area contributed by atoms with E-state index in [-0.39, 0.29) is 23.5 Å². The summed E-state index contributed by atoms with van der Waals surface area (Å²) in [6.45, 7) is -0.202. The maximum atomic E-state index is 12.9. The lowest BCUT2D eigenvalue weighted by molar-refractivity contribution is -0.121. The second-order valence-corrected chi connectivity index (χ2v) is 10.7. The fourth-order valence-corrected chi connectivity index (χ4v) is 5.49. The minimum absolute atomic E-state index is 0.0175. The molecule has 0 saturated heterocycles. The molecule has 1 N–H and O–H groups in total. The minimum Gasteiger partial charge on any atom is -0.350 e. The number of hydrogen-bond donors (Lipinski definition) is 1. The normalized spacial score (nSPS) is 11.7. The Kier molecular flexibility index (Phi) is 6.41. The van der Waals surface area contributed by atoms with E-state index in [4.69, 9.17) is 0 Å². The molecule has 0 bridgehead atoms. The van der Waals surface area contributed by atoms with E-state index >= 15 is 0 Å². The lowest BCUT2D eigenvalue weighted by Gasteiger charge is -2.15. The van der Waals surface area contributed by atoms with Gasteiger partial charge in [-0.05, 0) is 23.3 Å². The Hall–Kier alpha value is -3.34. The van der Waals surface area contributed by atoms with E-state index in [1.165, 1.54) is 42.4 Å². The van der Waals surface area contributed by atoms with Crippen molar-refractivity contribution >= 4 is 37.5 Å². The van der Waals surface area contributed by atoms with Gasteiger partial charge in [0.25, 0.3) is 5.56 Å². The van der Waals surface area contributed by atoms with Crippen LogP contribution in [0.15, 0.2) is 76.7 Å². The molecule has 33 heavy (non-hydrogen) atoms. The smallest absolute Gasteiger partial charge is 0.271 e. The van der Waals surface area contributed by atoms with Gasteiger partial charge in [0.2, 0.25) is 15.9 Å². The molecule has 0 aliphatic heterocycles. The van der Waals surface area contributed by atoms with Crippen molar-refractivity contribution < 1.29 is 13.2 Å². The van der Waals surface area contributed by atoms with Crippen LogP contribution in [0.1, 0.15) is 5.56 Å². The van der Waals surface area contributed by atoms with E-state index < -0.39 is 15.9 Å². The van der Waals surface area contributed by atoms with Crippen LogP contribution in [0.2, 0.25) is 0 Å². The first-order valence-electron chi connectivity index (χ1n) is 10.1. The molecule has 10 heteroatoms. The van der Waals surface area contributed by atoms with E-state index in [9.17, 15) is 18.0 Å². The molecular formula is C23H22N4O4S2. The van der Waals surface area contributed by atoms with Gasteiger partial charge in [0.1, 0.15) is 11.2 Å². The van der Waals surface area contributed by atoms with Crippen LogP contribution in [0.25, 0.3) is 20.7 Å². The van der Waals surface area contributed by atoms with Gasteiger partial charge >= 0.3 is 0 Å². The number of aromatic nitrogens is 2. The first-order chi connectivity index (χ1) is 15.8. The molecule has 0 unspecified atom stereocenters. The SMILES string of the molecule is CN(C)S(=O)(=O)c1ccccc1CNC(=O)Cn1cnc2cc(-c3ccccc3)sc2c1=O. The van der Waals surface area contributed by atoms with E-state index in [0.29, 0.717) is 15.8 Å². The highest BCUT2D eigenvalue weighted by Crippen LogP contribution is 2.30. The summed E-state index contributed by atoms with van der Waals surface area (Å²) >= 11 is 1.34. The molecule has 0 radical (unpaired) electrons. The molecule has 8 nitrogen and oxygen atoms in total. The number of hydrogen-bond acceptors (Lipinski definition) is 6. The van der Waals surface area contributed by atoms with Gasteiger partial charge in [-0.15, -0.1) is 11.3 Å². The van der Waals surface area contributed by atoms with Crippen LogP contribution in [0.4, 0.5) is 0 Å². The summed E-state index contributed by atoms with van der Waals surface area (Å²) < 4.78 is 27.9. The van der Waals surface area contributed by atoms with Crippen molar-refractivity contribution in [2.24, 2.45) is 0 Å². The summed E-state index contributed by atoms with van der Waals surface area (Å²) in [7, 11) is -0.743. The number of rotatable bonds is 7. The molecule has 2 heterocycles. The number of nitrogens with one attached hydrogen (secondary N) is 1. The number of amides is 1. The zero-order valence-electron chi connectivity index (χ0n) is 18.1. The number of sulfonamides is 1. The van der Waals surface area contributed by atoms with Gasteiger partial charge in [-0.3, -0.25) is 14.2 Å². The van der Waals surface area contributed by atoms with Crippen LogP contribution in [-0.2, 0) is 27.9 Å². The molecule has 0 atom stereocenters. The predicted octanol–water partition coefficient (Wildman–Crippen LogP) is 2.69. The van der Waals surface area contributed by atoms with Crippen molar-refractivity contribution in [3.8, 4) is 10.4 Å². The number of carbonyl (C=O) groups excluding carboxylic acids is 1. The molecule has 0 spiro atoms. The van der Waals surface area contributed by atoms with Crippen LogP contribution in [0.5, 0.6) is 0 Å². The highest BCUT2D eigenvalue weighted by atomic mass is 32.2. The molecule has 1 amide bonds. The van der Waals surface area contributed by atoms with Crippen LogP contribution < -0.4 is 10.9 Å². The third kappa shape index (κ3) is 4.72. The zero-order chi connectivity index (χ0) is 23.6. The molecule has 0 fully saturated rings. The van der Waals surface area contributed by atoms with E-state index in [0.717, 1.165) is 14.7 Å². The van der Waals surface area contributed by atoms with Crippen molar-refractivity contribution in [3.63, 3.8) is 0 Å². The summed E-state index contributed by atoms with van der Waals surface area (Å²) in [4.78, 5) is 30.8. The largest absolute Gasteiger partial charge is 0.350 e. The number of fused-ring (bicyclic) bond motifs is 1. The third-order valence-corrected chi connectivity index (χ3v) is 8.16. The molecule has 4 aromatic rings. The Labute approximate surface area is 195 Å². The summed E-state index contributed by atoms with van der Waals surface area (Å²) in [6, 6.07) is 18.1. The van der Waals surface area contributed by atoms with Crippen molar-refractivity contribution in [1.82, 2.24) is 19.2 Å². The average molecular weight is 483 g/mol. The van der Waals surface area contributed by atoms with E-state index in [1.54, 1.807) is 18.2 Å². The van der Waals surface area contributed by atoms with Crippen LogP contribution in [0, 0.1) is 0 Å². The second kappa shape index (κ2) is 9.26. The molecule has 0 aliphatic rings. The quantitative estimate of drug-likeness (QED) is 0.436. The van der Waals surface area contributed by atoms with Gasteiger partial charge in [-0.1, -0.05) is 48.5 Å². The molecule has 0 aliphatic carbocycles. The van der Waals surface area contributed by atoms with Crippen molar-refractivity contribution in [2.45, 2.75) is 18.0 Å². The highest BCUT2D eigenvalue weighted by Gasteiger charge is 2.21. The fraction of sp³-hybridized carbons (Fsp3) is 0.174. The van der Waals surface area contributed by atoms with Crippen molar-refractivity contribution in [1.29, 1.82) is 0 Å². The van der Waals surface area contributed by atoms with Crippen LogP contribution >= 0.6 is 11.3 Å². The molecule has 170 valence electrons. The van der Waals surface area contributed by atoms with Crippen molar-refractivity contribution in [3.05, 3.63) is 82.9 Å². The van der Waals surface area contributed by atoms with Crippen LogP contribution in [-0.4, -0.2) is 42.3 Å². The molecule has 0 saturated carbocycles. The first-order valence-corrected chi connectivity index (χ1v) is 12.3. The average Bonchev–Trinajstić information content (AvgIpc) is 3.25. The monoisotopic (exact) mass is 482 g/mol. The van der Waals surface area contributed by atoms with E-state index in [2.05, 4.69) is 10.3 Å². The first kappa shape index (κ1) is 22.8. The number of carbonyl (C=O) groups is 1. The molecule has 2 aromatic heterocycles. The Balaban J connectivity index is 1.51. The van der Waals surface area contributed by atoms with Gasteiger partial charge in [-0.25, -0.2) is 17.7 Å². The maximum Gasteiger partial charge on any atom is 0.271 e. The third-order valence-electron chi connectivity index (χ3n) is 5.08. The topological polar surface area (TPSA) is 101 Å². The fourth-order valence-electron chi connectivity index (χ4n) is 3.31. The second-order valence-electron chi connectivity index (χ2n) is 7.54. The number of benzene rings is 2. The predicted molar refractivity (Wildman–Crippen MR) is 128 cm³/mol.